The Balaban J connectivity index is 2.15. The SMILES string of the molecule is NC(N)C1CCCC2(C1)OC(=O)CCCCC(=O)O2. The first kappa shape index (κ1) is 14.3. The van der Waals surface area contributed by atoms with Gasteiger partial charge in [0, 0.05) is 25.7 Å². The van der Waals surface area contributed by atoms with Crippen molar-refractivity contribution in [2.75, 3.05) is 0 Å². The van der Waals surface area contributed by atoms with Crippen molar-refractivity contribution in [3.05, 3.63) is 0 Å². The Morgan fingerprint density at radius 1 is 1.05 bits per heavy atom. The molecular weight excluding hydrogens is 248 g/mol. The summed E-state index contributed by atoms with van der Waals surface area (Å²) in [5.74, 6) is -1.74. The van der Waals surface area contributed by atoms with E-state index >= 15 is 0 Å². The van der Waals surface area contributed by atoms with Crippen LogP contribution in [-0.2, 0) is 19.1 Å². The molecule has 2 aliphatic rings. The number of carbonyl (C=O) groups is 2. The van der Waals surface area contributed by atoms with Crippen LogP contribution in [0.2, 0.25) is 0 Å². The van der Waals surface area contributed by atoms with Crippen LogP contribution < -0.4 is 11.5 Å². The van der Waals surface area contributed by atoms with Gasteiger partial charge in [0.05, 0.1) is 6.17 Å². The zero-order valence-electron chi connectivity index (χ0n) is 11.1. The van der Waals surface area contributed by atoms with Gasteiger partial charge < -0.3 is 20.9 Å². The molecule has 4 N–H and O–H groups in total. The minimum atomic E-state index is -1.14. The molecule has 1 aliphatic heterocycles. The quantitative estimate of drug-likeness (QED) is 0.539. The van der Waals surface area contributed by atoms with Crippen molar-refractivity contribution in [1.82, 2.24) is 0 Å². The fourth-order valence-electron chi connectivity index (χ4n) is 2.83. The third-order valence-electron chi connectivity index (χ3n) is 3.86. The largest absolute Gasteiger partial charge is 0.422 e. The number of hydrogen-bond donors (Lipinski definition) is 2. The summed E-state index contributed by atoms with van der Waals surface area (Å²) in [5, 5.41) is 0. The normalized spacial score (nSPS) is 28.3. The van der Waals surface area contributed by atoms with Crippen LogP contribution >= 0.6 is 0 Å². The molecule has 0 aromatic heterocycles. The van der Waals surface area contributed by atoms with Crippen molar-refractivity contribution in [3.63, 3.8) is 0 Å². The average molecular weight is 270 g/mol. The van der Waals surface area contributed by atoms with Gasteiger partial charge in [-0.15, -0.1) is 0 Å². The minimum Gasteiger partial charge on any atom is -0.422 e. The summed E-state index contributed by atoms with van der Waals surface area (Å²) in [4.78, 5) is 23.5. The molecule has 1 saturated carbocycles. The molecular formula is C13H22N2O4. The summed E-state index contributed by atoms with van der Waals surface area (Å²) in [6.45, 7) is 0. The van der Waals surface area contributed by atoms with Gasteiger partial charge in [-0.05, 0) is 31.6 Å². The summed E-state index contributed by atoms with van der Waals surface area (Å²) >= 11 is 0. The van der Waals surface area contributed by atoms with Gasteiger partial charge in [-0.3, -0.25) is 9.59 Å². The molecule has 0 amide bonds. The molecule has 0 aromatic carbocycles. The lowest BCUT2D eigenvalue weighted by Gasteiger charge is -2.40. The summed E-state index contributed by atoms with van der Waals surface area (Å²) in [6.07, 6.45) is 4.09. The van der Waals surface area contributed by atoms with Crippen LogP contribution in [0, 0.1) is 5.92 Å². The van der Waals surface area contributed by atoms with Gasteiger partial charge in [0.2, 0.25) is 0 Å². The number of esters is 2. The van der Waals surface area contributed by atoms with Crippen molar-refractivity contribution in [2.45, 2.75) is 63.3 Å². The first-order valence-corrected chi connectivity index (χ1v) is 6.96. The lowest BCUT2D eigenvalue weighted by molar-refractivity contribution is -0.243. The van der Waals surface area contributed by atoms with Crippen molar-refractivity contribution < 1.29 is 19.1 Å². The second kappa shape index (κ2) is 5.88. The molecule has 108 valence electrons. The van der Waals surface area contributed by atoms with Gasteiger partial charge in [0.1, 0.15) is 0 Å². The molecule has 1 unspecified atom stereocenters. The first-order valence-electron chi connectivity index (χ1n) is 6.96. The molecule has 2 rings (SSSR count). The summed E-state index contributed by atoms with van der Waals surface area (Å²) in [5.41, 5.74) is 11.4. The maximum absolute atomic E-state index is 11.8. The molecule has 0 radical (unpaired) electrons. The Kier molecular flexibility index (Phi) is 4.42. The van der Waals surface area contributed by atoms with Crippen LogP contribution in [-0.4, -0.2) is 23.9 Å². The molecule has 1 aliphatic carbocycles. The molecule has 2 fully saturated rings. The van der Waals surface area contributed by atoms with E-state index in [0.29, 0.717) is 38.5 Å². The Labute approximate surface area is 112 Å². The van der Waals surface area contributed by atoms with E-state index in [-0.39, 0.29) is 17.9 Å². The fraction of sp³-hybridized carbons (Fsp3) is 0.846. The molecule has 6 heteroatoms. The molecule has 6 nitrogen and oxygen atoms in total. The van der Waals surface area contributed by atoms with Gasteiger partial charge in [-0.25, -0.2) is 0 Å². The van der Waals surface area contributed by atoms with Crippen LogP contribution in [0.3, 0.4) is 0 Å². The Hall–Kier alpha value is -1.14. The molecule has 1 saturated heterocycles. The lowest BCUT2D eigenvalue weighted by Crippen LogP contribution is -2.50. The van der Waals surface area contributed by atoms with E-state index in [2.05, 4.69) is 0 Å². The highest BCUT2D eigenvalue weighted by Crippen LogP contribution is 2.38. The molecule has 19 heavy (non-hydrogen) atoms. The maximum atomic E-state index is 11.8. The van der Waals surface area contributed by atoms with Crippen molar-refractivity contribution in [3.8, 4) is 0 Å². The molecule has 1 heterocycles. The number of carbonyl (C=O) groups excluding carboxylic acids is 2. The Morgan fingerprint density at radius 3 is 2.16 bits per heavy atom. The predicted octanol–water partition coefficient (Wildman–Crippen LogP) is 0.777. The average Bonchev–Trinajstić information content (AvgIpc) is 2.39. The summed E-state index contributed by atoms with van der Waals surface area (Å²) < 4.78 is 10.9. The van der Waals surface area contributed by atoms with Gasteiger partial charge in [-0.2, -0.15) is 0 Å². The number of nitrogens with two attached hydrogens (primary N) is 2. The van der Waals surface area contributed by atoms with E-state index in [1.165, 1.54) is 0 Å². The van der Waals surface area contributed by atoms with E-state index in [4.69, 9.17) is 20.9 Å². The van der Waals surface area contributed by atoms with E-state index in [1.807, 2.05) is 0 Å². The van der Waals surface area contributed by atoms with Crippen molar-refractivity contribution in [1.29, 1.82) is 0 Å². The topological polar surface area (TPSA) is 105 Å². The highest BCUT2D eigenvalue weighted by atomic mass is 16.7. The van der Waals surface area contributed by atoms with Gasteiger partial charge >= 0.3 is 11.9 Å². The molecule has 0 aromatic rings. The zero-order chi connectivity index (χ0) is 13.9. The Bertz CT molecular complexity index is 337. The van der Waals surface area contributed by atoms with Crippen LogP contribution in [0.15, 0.2) is 0 Å². The first-order chi connectivity index (χ1) is 9.01. The van der Waals surface area contributed by atoms with E-state index in [0.717, 1.165) is 12.8 Å². The van der Waals surface area contributed by atoms with Crippen molar-refractivity contribution in [2.24, 2.45) is 17.4 Å². The van der Waals surface area contributed by atoms with Gasteiger partial charge in [-0.1, -0.05) is 0 Å². The highest BCUT2D eigenvalue weighted by Gasteiger charge is 2.44. The second-order valence-corrected chi connectivity index (χ2v) is 5.50. The monoisotopic (exact) mass is 270 g/mol. The third kappa shape index (κ3) is 3.67. The molecule has 0 bridgehead atoms. The lowest BCUT2D eigenvalue weighted by atomic mass is 9.83. The zero-order valence-corrected chi connectivity index (χ0v) is 11.1. The Morgan fingerprint density at radius 2 is 1.63 bits per heavy atom. The third-order valence-corrected chi connectivity index (χ3v) is 3.86. The minimum absolute atomic E-state index is 0.00935. The van der Waals surface area contributed by atoms with Crippen LogP contribution in [0.5, 0.6) is 0 Å². The summed E-state index contributed by atoms with van der Waals surface area (Å²) in [6, 6.07) is 0. The fourth-order valence-corrected chi connectivity index (χ4v) is 2.83. The maximum Gasteiger partial charge on any atom is 0.309 e. The standard InChI is InChI=1S/C13H22N2O4/c14-12(15)9-4-3-7-13(8-9)18-10(16)5-1-2-6-11(17)19-13/h9,12H,1-8,14-15H2. The smallest absolute Gasteiger partial charge is 0.309 e. The molecule has 1 atom stereocenters. The number of ether oxygens (including phenoxy) is 2. The number of rotatable bonds is 1. The highest BCUT2D eigenvalue weighted by molar-refractivity contribution is 5.73. The summed E-state index contributed by atoms with van der Waals surface area (Å²) in [7, 11) is 0. The van der Waals surface area contributed by atoms with Gasteiger partial charge in [0.25, 0.3) is 5.79 Å². The number of hydrogen-bond acceptors (Lipinski definition) is 6. The van der Waals surface area contributed by atoms with Crippen LogP contribution in [0.4, 0.5) is 0 Å². The van der Waals surface area contributed by atoms with Crippen molar-refractivity contribution >= 4 is 11.9 Å². The molecule has 1 spiro atoms. The van der Waals surface area contributed by atoms with Gasteiger partial charge in [0.15, 0.2) is 0 Å². The second-order valence-electron chi connectivity index (χ2n) is 5.50. The van der Waals surface area contributed by atoms with Crippen LogP contribution in [0.1, 0.15) is 51.4 Å². The predicted molar refractivity (Wildman–Crippen MR) is 67.5 cm³/mol. The van der Waals surface area contributed by atoms with E-state index in [1.54, 1.807) is 0 Å². The van der Waals surface area contributed by atoms with Crippen LogP contribution in [0.25, 0.3) is 0 Å². The van der Waals surface area contributed by atoms with E-state index < -0.39 is 12.0 Å². The van der Waals surface area contributed by atoms with E-state index in [9.17, 15) is 9.59 Å².